The highest BCUT2D eigenvalue weighted by Crippen LogP contribution is 2.41. The molecule has 0 saturated heterocycles. The molecule has 1 N–H and O–H groups in total. The molecular weight excluding hydrogens is 391 g/mol. The van der Waals surface area contributed by atoms with E-state index in [1.807, 2.05) is 50.4 Å². The van der Waals surface area contributed by atoms with Crippen LogP contribution in [-0.2, 0) is 4.79 Å². The number of nitrogens with one attached hydrogen (secondary N) is 1. The number of amides is 1. The molecule has 4 nitrogen and oxygen atoms in total. The Hall–Kier alpha value is -2.95. The summed E-state index contributed by atoms with van der Waals surface area (Å²) in [5.41, 5.74) is 2.73. The number of carbonyl (C=O) groups is 1. The minimum atomic E-state index is -0.229. The standard InChI is InChI=1S/C26H29FN2O2/c1-3-31-25-7-5-4-6-24(25)29-26(30)17(2)18-8-10-19(11-9-18)21-14-15-28-23-13-12-20(27)16-22(21)23/h4-7,12-19H,3,8-11H2,1-2H3,(H,29,30). The number of para-hydroxylation sites is 2. The summed E-state index contributed by atoms with van der Waals surface area (Å²) in [5.74, 6) is 1.13. The zero-order chi connectivity index (χ0) is 21.8. The first-order valence-electron chi connectivity index (χ1n) is 11.1. The zero-order valence-electron chi connectivity index (χ0n) is 18.1. The van der Waals surface area contributed by atoms with Gasteiger partial charge in [-0.05, 0) is 86.4 Å². The third kappa shape index (κ3) is 4.71. The first-order valence-corrected chi connectivity index (χ1v) is 11.1. The van der Waals surface area contributed by atoms with Gasteiger partial charge >= 0.3 is 0 Å². The number of hydrogen-bond donors (Lipinski definition) is 1. The van der Waals surface area contributed by atoms with Crippen LogP contribution in [0.4, 0.5) is 10.1 Å². The molecular formula is C26H29FN2O2. The van der Waals surface area contributed by atoms with Crippen molar-refractivity contribution in [1.82, 2.24) is 4.98 Å². The Morgan fingerprint density at radius 3 is 2.71 bits per heavy atom. The molecule has 1 aliphatic rings. The van der Waals surface area contributed by atoms with E-state index < -0.39 is 0 Å². The van der Waals surface area contributed by atoms with E-state index in [9.17, 15) is 9.18 Å². The van der Waals surface area contributed by atoms with Gasteiger partial charge in [-0.25, -0.2) is 4.39 Å². The van der Waals surface area contributed by atoms with E-state index in [0.717, 1.165) is 42.3 Å². The fourth-order valence-electron chi connectivity index (χ4n) is 4.74. The molecule has 4 rings (SSSR count). The van der Waals surface area contributed by atoms with Crippen LogP contribution in [-0.4, -0.2) is 17.5 Å². The van der Waals surface area contributed by atoms with Gasteiger partial charge in [0.25, 0.3) is 0 Å². The summed E-state index contributed by atoms with van der Waals surface area (Å²) >= 11 is 0. The molecule has 0 spiro atoms. The molecule has 1 heterocycles. The van der Waals surface area contributed by atoms with Crippen molar-refractivity contribution in [2.75, 3.05) is 11.9 Å². The number of halogens is 1. The fourth-order valence-corrected chi connectivity index (χ4v) is 4.74. The van der Waals surface area contributed by atoms with Crippen molar-refractivity contribution in [1.29, 1.82) is 0 Å². The molecule has 2 aromatic carbocycles. The summed E-state index contributed by atoms with van der Waals surface area (Å²) in [4.78, 5) is 17.3. The van der Waals surface area contributed by atoms with Crippen molar-refractivity contribution in [3.8, 4) is 5.75 Å². The molecule has 1 aromatic heterocycles. The number of benzene rings is 2. The summed E-state index contributed by atoms with van der Waals surface area (Å²) in [7, 11) is 0. The lowest BCUT2D eigenvalue weighted by atomic mass is 9.73. The largest absolute Gasteiger partial charge is 0.492 e. The smallest absolute Gasteiger partial charge is 0.227 e. The van der Waals surface area contributed by atoms with E-state index in [1.54, 1.807) is 12.1 Å². The Kier molecular flexibility index (Phi) is 6.50. The second-order valence-corrected chi connectivity index (χ2v) is 8.38. The number of hydrogen-bond acceptors (Lipinski definition) is 3. The maximum atomic E-state index is 13.8. The van der Waals surface area contributed by atoms with E-state index in [-0.39, 0.29) is 17.6 Å². The van der Waals surface area contributed by atoms with Crippen LogP contribution in [0.5, 0.6) is 5.75 Å². The second-order valence-electron chi connectivity index (χ2n) is 8.38. The Morgan fingerprint density at radius 1 is 1.16 bits per heavy atom. The summed E-state index contributed by atoms with van der Waals surface area (Å²) < 4.78 is 19.4. The third-order valence-electron chi connectivity index (χ3n) is 6.51. The molecule has 1 atom stereocenters. The molecule has 1 saturated carbocycles. The highest BCUT2D eigenvalue weighted by Gasteiger charge is 2.30. The van der Waals surface area contributed by atoms with E-state index in [2.05, 4.69) is 10.3 Å². The number of ether oxygens (including phenoxy) is 1. The van der Waals surface area contributed by atoms with Crippen LogP contribution >= 0.6 is 0 Å². The van der Waals surface area contributed by atoms with Gasteiger partial charge < -0.3 is 10.1 Å². The Balaban J connectivity index is 1.41. The summed E-state index contributed by atoms with van der Waals surface area (Å²) in [6.45, 7) is 4.50. The van der Waals surface area contributed by atoms with E-state index >= 15 is 0 Å². The first-order chi connectivity index (χ1) is 15.1. The molecule has 0 bridgehead atoms. The monoisotopic (exact) mass is 420 g/mol. The number of carbonyl (C=O) groups excluding carboxylic acids is 1. The highest BCUT2D eigenvalue weighted by molar-refractivity contribution is 5.94. The summed E-state index contributed by atoms with van der Waals surface area (Å²) in [6, 6.07) is 14.4. The first kappa shape index (κ1) is 21.3. The topological polar surface area (TPSA) is 51.2 Å². The predicted octanol–water partition coefficient (Wildman–Crippen LogP) is 6.32. The number of pyridine rings is 1. The van der Waals surface area contributed by atoms with E-state index in [1.165, 1.54) is 11.6 Å². The summed E-state index contributed by atoms with van der Waals surface area (Å²) in [6.07, 6.45) is 5.76. The molecule has 1 aliphatic carbocycles. The normalized spacial score (nSPS) is 19.7. The number of aromatic nitrogens is 1. The number of rotatable bonds is 6. The van der Waals surface area contributed by atoms with Crippen LogP contribution in [0.1, 0.15) is 51.0 Å². The van der Waals surface area contributed by atoms with Crippen LogP contribution in [0.15, 0.2) is 54.7 Å². The van der Waals surface area contributed by atoms with E-state index in [4.69, 9.17) is 4.74 Å². The van der Waals surface area contributed by atoms with Crippen LogP contribution in [0, 0.1) is 17.7 Å². The van der Waals surface area contributed by atoms with Gasteiger partial charge in [0.1, 0.15) is 11.6 Å². The van der Waals surface area contributed by atoms with Crippen molar-refractivity contribution in [3.63, 3.8) is 0 Å². The summed E-state index contributed by atoms with van der Waals surface area (Å²) in [5, 5.41) is 3.96. The average Bonchev–Trinajstić information content (AvgIpc) is 2.79. The van der Waals surface area contributed by atoms with Crippen LogP contribution in [0.25, 0.3) is 10.9 Å². The van der Waals surface area contributed by atoms with Crippen molar-refractivity contribution < 1.29 is 13.9 Å². The molecule has 31 heavy (non-hydrogen) atoms. The molecule has 1 amide bonds. The van der Waals surface area contributed by atoms with Gasteiger partial charge in [0.15, 0.2) is 0 Å². The Morgan fingerprint density at radius 2 is 1.94 bits per heavy atom. The van der Waals surface area contributed by atoms with Gasteiger partial charge in [-0.1, -0.05) is 19.1 Å². The van der Waals surface area contributed by atoms with E-state index in [0.29, 0.717) is 24.2 Å². The van der Waals surface area contributed by atoms with Crippen molar-refractivity contribution in [3.05, 3.63) is 66.1 Å². The highest BCUT2D eigenvalue weighted by atomic mass is 19.1. The quantitative estimate of drug-likeness (QED) is 0.508. The number of fused-ring (bicyclic) bond motifs is 1. The number of anilines is 1. The molecule has 1 unspecified atom stereocenters. The number of nitrogens with zero attached hydrogens (tertiary/aromatic N) is 1. The lowest BCUT2D eigenvalue weighted by Gasteiger charge is -2.32. The fraction of sp³-hybridized carbons (Fsp3) is 0.385. The van der Waals surface area contributed by atoms with Crippen LogP contribution in [0.3, 0.4) is 0 Å². The van der Waals surface area contributed by atoms with Crippen molar-refractivity contribution >= 4 is 22.5 Å². The maximum Gasteiger partial charge on any atom is 0.227 e. The van der Waals surface area contributed by atoms with Gasteiger partial charge in [0.2, 0.25) is 5.91 Å². The third-order valence-corrected chi connectivity index (χ3v) is 6.51. The minimum Gasteiger partial charge on any atom is -0.492 e. The van der Waals surface area contributed by atoms with Gasteiger partial charge in [-0.2, -0.15) is 0 Å². The van der Waals surface area contributed by atoms with Crippen LogP contribution < -0.4 is 10.1 Å². The molecule has 5 heteroatoms. The second kappa shape index (κ2) is 9.46. The van der Waals surface area contributed by atoms with Crippen molar-refractivity contribution in [2.45, 2.75) is 45.4 Å². The zero-order valence-corrected chi connectivity index (χ0v) is 18.1. The Labute approximate surface area is 182 Å². The lowest BCUT2D eigenvalue weighted by molar-refractivity contribution is -0.121. The SMILES string of the molecule is CCOc1ccccc1NC(=O)C(C)C1CCC(c2ccnc3ccc(F)cc23)CC1. The molecule has 1 fully saturated rings. The molecule has 162 valence electrons. The van der Waals surface area contributed by atoms with Gasteiger partial charge in [-0.15, -0.1) is 0 Å². The molecule has 0 radical (unpaired) electrons. The van der Waals surface area contributed by atoms with Gasteiger partial charge in [0, 0.05) is 17.5 Å². The molecule has 0 aliphatic heterocycles. The minimum absolute atomic E-state index is 0.0343. The maximum absolute atomic E-state index is 13.8. The average molecular weight is 421 g/mol. The van der Waals surface area contributed by atoms with Gasteiger partial charge in [0.05, 0.1) is 17.8 Å². The van der Waals surface area contributed by atoms with Crippen molar-refractivity contribution in [2.24, 2.45) is 11.8 Å². The van der Waals surface area contributed by atoms with Gasteiger partial charge in [-0.3, -0.25) is 9.78 Å². The lowest BCUT2D eigenvalue weighted by Crippen LogP contribution is -2.29. The Bertz CT molecular complexity index is 1060. The van der Waals surface area contributed by atoms with Crippen LogP contribution in [0.2, 0.25) is 0 Å². The molecule has 3 aromatic rings. The predicted molar refractivity (Wildman–Crippen MR) is 122 cm³/mol.